The summed E-state index contributed by atoms with van der Waals surface area (Å²) in [5.74, 6) is 0.498. The van der Waals surface area contributed by atoms with E-state index in [4.69, 9.17) is 4.74 Å². The Morgan fingerprint density at radius 1 is 1.06 bits per heavy atom. The molecule has 0 saturated heterocycles. The third-order valence-electron chi connectivity index (χ3n) is 2.61. The van der Waals surface area contributed by atoms with Crippen molar-refractivity contribution >= 4 is 0 Å². The molecule has 0 spiro atoms. The van der Waals surface area contributed by atoms with Gasteiger partial charge in [-0.2, -0.15) is 0 Å². The van der Waals surface area contributed by atoms with Gasteiger partial charge in [-0.1, -0.05) is 29.8 Å². The average Bonchev–Trinajstić information content (AvgIpc) is 2.28. The first-order valence-electron chi connectivity index (χ1n) is 5.59. The summed E-state index contributed by atoms with van der Waals surface area (Å²) in [5, 5.41) is 0. The fourth-order valence-corrected chi connectivity index (χ4v) is 1.74. The van der Waals surface area contributed by atoms with Crippen LogP contribution in [-0.4, -0.2) is 0 Å². The van der Waals surface area contributed by atoms with Gasteiger partial charge < -0.3 is 4.74 Å². The van der Waals surface area contributed by atoms with Crippen LogP contribution in [-0.2, 0) is 6.61 Å². The summed E-state index contributed by atoms with van der Waals surface area (Å²) in [4.78, 5) is 0. The number of aryl methyl sites for hydroxylation is 2. The maximum absolute atomic E-state index is 12.9. The predicted octanol–water partition coefficient (Wildman–Crippen LogP) is 4.02. The molecule has 17 heavy (non-hydrogen) atoms. The number of hydrogen-bond donors (Lipinski definition) is 0. The maximum Gasteiger partial charge on any atom is 0.123 e. The van der Waals surface area contributed by atoms with Crippen molar-refractivity contribution in [2.45, 2.75) is 20.5 Å². The normalized spacial score (nSPS) is 10.3. The van der Waals surface area contributed by atoms with E-state index >= 15 is 0 Å². The van der Waals surface area contributed by atoms with E-state index < -0.39 is 0 Å². The number of hydrogen-bond acceptors (Lipinski definition) is 1. The molecule has 2 rings (SSSR count). The van der Waals surface area contributed by atoms with Gasteiger partial charge in [0.1, 0.15) is 18.2 Å². The van der Waals surface area contributed by atoms with Crippen molar-refractivity contribution < 1.29 is 9.13 Å². The zero-order valence-corrected chi connectivity index (χ0v) is 10.0. The first kappa shape index (κ1) is 11.6. The van der Waals surface area contributed by atoms with Crippen LogP contribution in [0.5, 0.6) is 5.75 Å². The zero-order valence-electron chi connectivity index (χ0n) is 10.0. The minimum atomic E-state index is -0.231. The molecule has 0 saturated carbocycles. The number of ether oxygens (including phenoxy) is 1. The summed E-state index contributed by atoms with van der Waals surface area (Å²) in [7, 11) is 0. The Balaban J connectivity index is 2.07. The first-order chi connectivity index (χ1) is 8.15. The van der Waals surface area contributed by atoms with Gasteiger partial charge in [0.05, 0.1) is 0 Å². The molecule has 0 aliphatic carbocycles. The highest BCUT2D eigenvalue weighted by molar-refractivity contribution is 5.33. The van der Waals surface area contributed by atoms with Crippen LogP contribution in [0.4, 0.5) is 4.39 Å². The van der Waals surface area contributed by atoms with E-state index in [1.54, 1.807) is 6.07 Å². The topological polar surface area (TPSA) is 9.23 Å². The number of benzene rings is 2. The lowest BCUT2D eigenvalue weighted by Crippen LogP contribution is -1.97. The molecule has 0 atom stereocenters. The smallest absolute Gasteiger partial charge is 0.123 e. The van der Waals surface area contributed by atoms with Crippen LogP contribution in [0.15, 0.2) is 42.5 Å². The Kier molecular flexibility index (Phi) is 3.43. The monoisotopic (exact) mass is 230 g/mol. The Morgan fingerprint density at radius 3 is 2.59 bits per heavy atom. The summed E-state index contributed by atoms with van der Waals surface area (Å²) in [6.07, 6.45) is 0. The Morgan fingerprint density at radius 2 is 1.88 bits per heavy atom. The molecule has 1 nitrogen and oxygen atoms in total. The van der Waals surface area contributed by atoms with Gasteiger partial charge in [0.2, 0.25) is 0 Å². The van der Waals surface area contributed by atoms with Gasteiger partial charge in [0, 0.05) is 0 Å². The van der Waals surface area contributed by atoms with Crippen LogP contribution in [0.2, 0.25) is 0 Å². The van der Waals surface area contributed by atoms with E-state index in [1.807, 2.05) is 32.0 Å². The van der Waals surface area contributed by atoms with E-state index in [2.05, 4.69) is 6.07 Å². The summed E-state index contributed by atoms with van der Waals surface area (Å²) in [6, 6.07) is 12.7. The van der Waals surface area contributed by atoms with Gasteiger partial charge in [-0.15, -0.1) is 0 Å². The van der Waals surface area contributed by atoms with Crippen molar-refractivity contribution in [2.75, 3.05) is 0 Å². The molecule has 0 aromatic heterocycles. The van der Waals surface area contributed by atoms with E-state index in [9.17, 15) is 4.39 Å². The van der Waals surface area contributed by atoms with E-state index in [-0.39, 0.29) is 5.82 Å². The second kappa shape index (κ2) is 5.00. The molecule has 0 unspecified atom stereocenters. The molecule has 0 N–H and O–H groups in total. The molecule has 0 radical (unpaired) electrons. The van der Waals surface area contributed by atoms with Crippen LogP contribution in [0, 0.1) is 19.7 Å². The highest BCUT2D eigenvalue weighted by Crippen LogP contribution is 2.19. The van der Waals surface area contributed by atoms with Crippen molar-refractivity contribution in [2.24, 2.45) is 0 Å². The third kappa shape index (κ3) is 3.06. The molecule has 2 aromatic rings. The van der Waals surface area contributed by atoms with Gasteiger partial charge in [-0.3, -0.25) is 0 Å². The van der Waals surface area contributed by atoms with Crippen LogP contribution in [0.3, 0.4) is 0 Å². The first-order valence-corrected chi connectivity index (χ1v) is 5.59. The minimum absolute atomic E-state index is 0.231. The highest BCUT2D eigenvalue weighted by atomic mass is 19.1. The quantitative estimate of drug-likeness (QED) is 0.773. The maximum atomic E-state index is 12.9. The van der Waals surface area contributed by atoms with Crippen LogP contribution in [0.25, 0.3) is 0 Å². The number of rotatable bonds is 3. The van der Waals surface area contributed by atoms with Crippen LogP contribution < -0.4 is 4.74 Å². The zero-order chi connectivity index (χ0) is 12.3. The molecule has 0 amide bonds. The van der Waals surface area contributed by atoms with Crippen molar-refractivity contribution in [3.8, 4) is 5.75 Å². The summed E-state index contributed by atoms with van der Waals surface area (Å²) >= 11 is 0. The average molecular weight is 230 g/mol. The predicted molar refractivity (Wildman–Crippen MR) is 66.6 cm³/mol. The lowest BCUT2D eigenvalue weighted by Gasteiger charge is -2.09. The summed E-state index contributed by atoms with van der Waals surface area (Å²) in [6.45, 7) is 4.40. The van der Waals surface area contributed by atoms with Crippen molar-refractivity contribution in [1.29, 1.82) is 0 Å². The summed E-state index contributed by atoms with van der Waals surface area (Å²) in [5.41, 5.74) is 3.15. The Hall–Kier alpha value is -1.83. The van der Waals surface area contributed by atoms with Gasteiger partial charge in [-0.05, 0) is 43.2 Å². The van der Waals surface area contributed by atoms with Gasteiger partial charge >= 0.3 is 0 Å². The lowest BCUT2D eigenvalue weighted by molar-refractivity contribution is 0.303. The Bertz CT molecular complexity index is 520. The van der Waals surface area contributed by atoms with E-state index in [0.717, 1.165) is 16.9 Å². The molecule has 2 heteroatoms. The summed E-state index contributed by atoms with van der Waals surface area (Å²) < 4.78 is 18.6. The molecule has 0 heterocycles. The molecule has 0 aliphatic rings. The number of halogens is 1. The highest BCUT2D eigenvalue weighted by Gasteiger charge is 2.01. The van der Waals surface area contributed by atoms with Gasteiger partial charge in [-0.25, -0.2) is 4.39 Å². The van der Waals surface area contributed by atoms with Crippen molar-refractivity contribution in [3.05, 3.63) is 65.0 Å². The molecule has 0 fully saturated rings. The van der Waals surface area contributed by atoms with Crippen LogP contribution in [0.1, 0.15) is 16.7 Å². The van der Waals surface area contributed by atoms with E-state index in [1.165, 1.54) is 17.7 Å². The van der Waals surface area contributed by atoms with Crippen molar-refractivity contribution in [3.63, 3.8) is 0 Å². The third-order valence-corrected chi connectivity index (χ3v) is 2.61. The van der Waals surface area contributed by atoms with Gasteiger partial charge in [0.15, 0.2) is 0 Å². The largest absolute Gasteiger partial charge is 0.489 e. The Labute approximate surface area is 101 Å². The molecular formula is C15H15FO. The van der Waals surface area contributed by atoms with Gasteiger partial charge in [0.25, 0.3) is 0 Å². The fraction of sp³-hybridized carbons (Fsp3) is 0.200. The molecular weight excluding hydrogens is 215 g/mol. The fourth-order valence-electron chi connectivity index (χ4n) is 1.74. The SMILES string of the molecule is Cc1cccc(COc2ccc(F)cc2C)c1. The van der Waals surface area contributed by atoms with Crippen LogP contribution >= 0.6 is 0 Å². The molecule has 0 aliphatic heterocycles. The lowest BCUT2D eigenvalue weighted by atomic mass is 10.1. The second-order valence-corrected chi connectivity index (χ2v) is 4.19. The molecule has 0 bridgehead atoms. The molecule has 2 aromatic carbocycles. The standard InChI is InChI=1S/C15H15FO/c1-11-4-3-5-13(8-11)10-17-15-7-6-14(16)9-12(15)2/h3-9H,10H2,1-2H3. The second-order valence-electron chi connectivity index (χ2n) is 4.19. The molecule has 88 valence electrons. The van der Waals surface area contributed by atoms with Crippen molar-refractivity contribution in [1.82, 2.24) is 0 Å². The minimum Gasteiger partial charge on any atom is -0.489 e. The van der Waals surface area contributed by atoms with E-state index in [0.29, 0.717) is 6.61 Å².